The van der Waals surface area contributed by atoms with Gasteiger partial charge in [-0.25, -0.2) is 5.43 Å². The maximum atomic E-state index is 11.8. The minimum Gasteiger partial charge on any atom is -0.493 e. The summed E-state index contributed by atoms with van der Waals surface area (Å²) in [7, 11) is 1.50. The van der Waals surface area contributed by atoms with E-state index < -0.39 is 11.8 Å². The van der Waals surface area contributed by atoms with Crippen molar-refractivity contribution >= 4 is 41.2 Å². The second-order valence-electron chi connectivity index (χ2n) is 7.13. The first-order valence-electron chi connectivity index (χ1n) is 10.3. The smallest absolute Gasteiger partial charge is 0.329 e. The van der Waals surface area contributed by atoms with Gasteiger partial charge in [0.2, 0.25) is 0 Å². The molecular weight excluding hydrogens is 469 g/mol. The minimum atomic E-state index is -0.862. The van der Waals surface area contributed by atoms with Crippen molar-refractivity contribution in [3.63, 3.8) is 0 Å². The van der Waals surface area contributed by atoms with E-state index in [0.717, 1.165) is 0 Å². The Hall–Kier alpha value is -2.81. The summed E-state index contributed by atoms with van der Waals surface area (Å²) in [5.74, 6) is -0.693. The minimum absolute atomic E-state index is 0.124. The molecule has 0 fully saturated rings. The molecule has 2 N–H and O–H groups in total. The largest absolute Gasteiger partial charge is 0.493 e. The highest BCUT2D eigenvalue weighted by Gasteiger charge is 2.12. The Morgan fingerprint density at radius 2 is 1.82 bits per heavy atom. The van der Waals surface area contributed by atoms with E-state index >= 15 is 0 Å². The number of benzene rings is 2. The molecule has 2 aromatic carbocycles. The lowest BCUT2D eigenvalue weighted by Crippen LogP contribution is -2.38. The number of hydrazone groups is 1. The van der Waals surface area contributed by atoms with Crippen LogP contribution in [-0.4, -0.2) is 44.4 Å². The lowest BCUT2D eigenvalue weighted by Gasteiger charge is -2.13. The summed E-state index contributed by atoms with van der Waals surface area (Å²) >= 11 is 12.3. The van der Waals surface area contributed by atoms with Crippen LogP contribution in [0.3, 0.4) is 0 Å². The Balaban J connectivity index is 1.87. The highest BCUT2D eigenvalue weighted by molar-refractivity contribution is 6.36. The maximum Gasteiger partial charge on any atom is 0.329 e. The third-order valence-corrected chi connectivity index (χ3v) is 4.97. The molecule has 10 heteroatoms. The van der Waals surface area contributed by atoms with Crippen LogP contribution >= 0.6 is 23.2 Å². The molecule has 0 aliphatic heterocycles. The lowest BCUT2D eigenvalue weighted by atomic mass is 10.2. The van der Waals surface area contributed by atoms with Gasteiger partial charge in [-0.15, -0.1) is 0 Å². The van der Waals surface area contributed by atoms with Crippen LogP contribution in [0.25, 0.3) is 0 Å². The molecule has 0 bridgehead atoms. The number of amides is 2. The predicted molar refractivity (Wildman–Crippen MR) is 128 cm³/mol. The molecule has 2 amide bonds. The van der Waals surface area contributed by atoms with Crippen molar-refractivity contribution in [3.8, 4) is 11.5 Å². The molecule has 33 heavy (non-hydrogen) atoms. The van der Waals surface area contributed by atoms with E-state index in [2.05, 4.69) is 15.8 Å². The molecule has 0 saturated heterocycles. The van der Waals surface area contributed by atoms with Crippen molar-refractivity contribution < 1.29 is 23.8 Å². The molecular formula is C23H27Cl2N3O5. The fraction of sp³-hybridized carbons (Fsp3) is 0.348. The predicted octanol–water partition coefficient (Wildman–Crippen LogP) is 3.96. The Morgan fingerprint density at radius 3 is 2.48 bits per heavy atom. The zero-order valence-electron chi connectivity index (χ0n) is 18.7. The molecule has 2 aromatic rings. The second-order valence-corrected chi connectivity index (χ2v) is 7.94. The van der Waals surface area contributed by atoms with Gasteiger partial charge in [0.05, 0.1) is 19.4 Å². The number of methoxy groups -OCH3 is 1. The van der Waals surface area contributed by atoms with Gasteiger partial charge in [0.25, 0.3) is 0 Å². The first kappa shape index (κ1) is 26.4. The fourth-order valence-corrected chi connectivity index (χ4v) is 3.10. The van der Waals surface area contributed by atoms with Gasteiger partial charge in [0.1, 0.15) is 6.61 Å². The fourth-order valence-electron chi connectivity index (χ4n) is 2.59. The van der Waals surface area contributed by atoms with Gasteiger partial charge in [0, 0.05) is 28.8 Å². The van der Waals surface area contributed by atoms with Crippen LogP contribution in [0.5, 0.6) is 11.5 Å². The number of hydrogen-bond acceptors (Lipinski definition) is 6. The van der Waals surface area contributed by atoms with Crippen LogP contribution in [-0.2, 0) is 20.9 Å². The molecule has 0 atom stereocenters. The highest BCUT2D eigenvalue weighted by Crippen LogP contribution is 2.31. The van der Waals surface area contributed by atoms with E-state index in [-0.39, 0.29) is 12.7 Å². The Morgan fingerprint density at radius 1 is 1.09 bits per heavy atom. The van der Waals surface area contributed by atoms with Crippen molar-refractivity contribution in [1.82, 2.24) is 10.7 Å². The van der Waals surface area contributed by atoms with Crippen molar-refractivity contribution in [2.45, 2.75) is 33.0 Å². The van der Waals surface area contributed by atoms with E-state index in [1.165, 1.54) is 13.3 Å². The Kier molecular flexibility index (Phi) is 11.0. The van der Waals surface area contributed by atoms with Gasteiger partial charge in [-0.3, -0.25) is 9.59 Å². The SMILES string of the molecule is COc1cc(/C=N\NC(=O)C(=O)NCCCOC(C)C)ccc1OCc1c(Cl)cccc1Cl. The number of ether oxygens (including phenoxy) is 3. The van der Waals surface area contributed by atoms with E-state index in [1.807, 2.05) is 13.8 Å². The molecule has 0 aliphatic rings. The molecule has 0 aromatic heterocycles. The molecule has 0 unspecified atom stereocenters. The third kappa shape index (κ3) is 8.92. The first-order chi connectivity index (χ1) is 15.8. The summed E-state index contributed by atoms with van der Waals surface area (Å²) in [5.41, 5.74) is 3.48. The van der Waals surface area contributed by atoms with Gasteiger partial charge in [-0.05, 0) is 56.2 Å². The van der Waals surface area contributed by atoms with Crippen LogP contribution in [0.1, 0.15) is 31.4 Å². The number of rotatable bonds is 11. The monoisotopic (exact) mass is 495 g/mol. The molecule has 2 rings (SSSR count). The molecule has 178 valence electrons. The lowest BCUT2D eigenvalue weighted by molar-refractivity contribution is -0.139. The molecule has 0 saturated carbocycles. The van der Waals surface area contributed by atoms with Crippen molar-refractivity contribution in [3.05, 3.63) is 57.6 Å². The zero-order chi connectivity index (χ0) is 24.2. The summed E-state index contributed by atoms with van der Waals surface area (Å²) in [6, 6.07) is 10.3. The van der Waals surface area contributed by atoms with Gasteiger partial charge < -0.3 is 19.5 Å². The van der Waals surface area contributed by atoms with Gasteiger partial charge in [-0.2, -0.15) is 5.10 Å². The number of nitrogens with zero attached hydrogens (tertiary/aromatic N) is 1. The van der Waals surface area contributed by atoms with Gasteiger partial charge in [0.15, 0.2) is 11.5 Å². The Bertz CT molecular complexity index is 962. The standard InChI is InChI=1S/C23H27Cl2N3O5/c1-15(2)32-11-5-10-26-22(29)23(30)28-27-13-16-8-9-20(21(12-16)31-3)33-14-17-18(24)6-4-7-19(17)25/h4,6-9,12-13,15H,5,10-11,14H2,1-3H3,(H,26,29)(H,28,30)/b27-13-. The number of nitrogens with one attached hydrogen (secondary N) is 2. The van der Waals surface area contributed by atoms with Crippen LogP contribution < -0.4 is 20.2 Å². The summed E-state index contributed by atoms with van der Waals surface area (Å²) in [5, 5.41) is 7.33. The van der Waals surface area contributed by atoms with Crippen molar-refractivity contribution in [1.29, 1.82) is 0 Å². The zero-order valence-corrected chi connectivity index (χ0v) is 20.2. The summed E-state index contributed by atoms with van der Waals surface area (Å²) in [6.45, 7) is 4.86. The molecule has 0 radical (unpaired) electrons. The van der Waals surface area contributed by atoms with Crippen LogP contribution in [0.2, 0.25) is 10.0 Å². The summed E-state index contributed by atoms with van der Waals surface area (Å²) in [6.07, 6.45) is 2.12. The molecule has 8 nitrogen and oxygen atoms in total. The number of halogens is 2. The Labute approximate surface area is 203 Å². The van der Waals surface area contributed by atoms with Gasteiger partial charge >= 0.3 is 11.8 Å². The second kappa shape index (κ2) is 13.7. The van der Waals surface area contributed by atoms with Crippen molar-refractivity contribution in [2.75, 3.05) is 20.3 Å². The van der Waals surface area contributed by atoms with E-state index in [1.54, 1.807) is 36.4 Å². The summed E-state index contributed by atoms with van der Waals surface area (Å²) in [4.78, 5) is 23.6. The quantitative estimate of drug-likeness (QED) is 0.212. The third-order valence-electron chi connectivity index (χ3n) is 4.27. The van der Waals surface area contributed by atoms with Crippen molar-refractivity contribution in [2.24, 2.45) is 5.10 Å². The van der Waals surface area contributed by atoms with E-state index in [0.29, 0.717) is 52.2 Å². The average molecular weight is 496 g/mol. The summed E-state index contributed by atoms with van der Waals surface area (Å²) < 4.78 is 16.5. The number of hydrogen-bond donors (Lipinski definition) is 2. The maximum absolute atomic E-state index is 11.8. The van der Waals surface area contributed by atoms with E-state index in [4.69, 9.17) is 37.4 Å². The molecule has 0 aliphatic carbocycles. The van der Waals surface area contributed by atoms with Crippen LogP contribution in [0.15, 0.2) is 41.5 Å². The van der Waals surface area contributed by atoms with Crippen LogP contribution in [0, 0.1) is 0 Å². The number of carbonyl (C=O) groups excluding carboxylic acids is 2. The van der Waals surface area contributed by atoms with Gasteiger partial charge in [-0.1, -0.05) is 29.3 Å². The normalized spacial score (nSPS) is 11.0. The highest BCUT2D eigenvalue weighted by atomic mass is 35.5. The van der Waals surface area contributed by atoms with E-state index in [9.17, 15) is 9.59 Å². The number of carbonyl (C=O) groups is 2. The molecule has 0 spiro atoms. The molecule has 0 heterocycles. The first-order valence-corrected chi connectivity index (χ1v) is 11.0. The topological polar surface area (TPSA) is 98.2 Å². The average Bonchev–Trinajstić information content (AvgIpc) is 2.78. The van der Waals surface area contributed by atoms with Crippen LogP contribution in [0.4, 0.5) is 0 Å².